The van der Waals surface area contributed by atoms with Gasteiger partial charge < -0.3 is 25.4 Å². The van der Waals surface area contributed by atoms with Crippen molar-refractivity contribution in [2.45, 2.75) is 38.5 Å². The van der Waals surface area contributed by atoms with E-state index >= 15 is 0 Å². The summed E-state index contributed by atoms with van der Waals surface area (Å²) in [4.78, 5) is 28.6. The molecule has 3 unspecified atom stereocenters. The van der Waals surface area contributed by atoms with Crippen LogP contribution in [0.5, 0.6) is 0 Å². The van der Waals surface area contributed by atoms with Crippen LogP contribution in [0.2, 0.25) is 0 Å². The number of benzodiazepines with no additional fused rings is 1. The second-order valence-corrected chi connectivity index (χ2v) is 9.01. The molecule has 39 heavy (non-hydrogen) atoms. The number of morpholine rings is 1. The second-order valence-electron chi connectivity index (χ2n) is 9.01. The first-order valence-corrected chi connectivity index (χ1v) is 13.0. The van der Waals surface area contributed by atoms with Crippen molar-refractivity contribution in [1.29, 1.82) is 5.41 Å². The lowest BCUT2D eigenvalue weighted by Crippen LogP contribution is -2.64. The molecule has 0 saturated carbocycles. The minimum Gasteiger partial charge on any atom is -0.407 e. The molecule has 10 heteroatoms. The summed E-state index contributed by atoms with van der Waals surface area (Å²) in [6.45, 7) is 5.26. The number of amidine groups is 1. The Bertz CT molecular complexity index is 1410. The van der Waals surface area contributed by atoms with E-state index < -0.39 is 12.1 Å². The topological polar surface area (TPSA) is 138 Å². The summed E-state index contributed by atoms with van der Waals surface area (Å²) in [5.74, 6) is -0.0105. The van der Waals surface area contributed by atoms with E-state index in [-0.39, 0.29) is 24.0 Å². The molecule has 6 rings (SSSR count). The molecule has 0 radical (unpaired) electrons. The highest BCUT2D eigenvalue weighted by Gasteiger charge is 2.44. The Morgan fingerprint density at radius 1 is 1.08 bits per heavy atom. The molecule has 2 bridgehead atoms. The molecular formula is C29H31N7O3. The van der Waals surface area contributed by atoms with Crippen LogP contribution in [-0.4, -0.2) is 60.0 Å². The summed E-state index contributed by atoms with van der Waals surface area (Å²) in [7, 11) is 0. The van der Waals surface area contributed by atoms with Crippen LogP contribution in [0.4, 0.5) is 11.5 Å². The maximum atomic E-state index is 13.0. The summed E-state index contributed by atoms with van der Waals surface area (Å²) in [6.07, 6.45) is 1.52. The number of ether oxygens (including phenoxy) is 2. The van der Waals surface area contributed by atoms with Gasteiger partial charge in [0.1, 0.15) is 5.82 Å². The Hall–Kier alpha value is -4.57. The quantitative estimate of drug-likeness (QED) is 0.352. The van der Waals surface area contributed by atoms with Crippen molar-refractivity contribution in [3.8, 4) is 0 Å². The number of benzene rings is 2. The molecule has 4 heterocycles. The number of nitrogens with one attached hydrogen (secondary N) is 2. The molecule has 3 aliphatic heterocycles. The van der Waals surface area contributed by atoms with Gasteiger partial charge in [-0.15, -0.1) is 0 Å². The van der Waals surface area contributed by atoms with E-state index in [2.05, 4.69) is 25.2 Å². The van der Waals surface area contributed by atoms with Gasteiger partial charge >= 0.3 is 0 Å². The maximum Gasteiger partial charge on any atom is 0.291 e. The number of anilines is 2. The molecule has 10 nitrogen and oxygen atoms in total. The third-order valence-corrected chi connectivity index (χ3v) is 6.66. The molecular weight excluding hydrogens is 494 g/mol. The standard InChI is InChI=1S/C27H25N7O3.C2H6/c28-23(20-10-6-12-30-25(20)34-17-13-18(34)15-36-14-17)37-27(29)33-24-26(35)31-21-11-5-4-9-19(21)22(32-24)16-7-2-1-3-8-16;1-2/h1-12,17-18,24,28H,13-15H2,(H2,29,33)(H,31,35);1-2H3. The van der Waals surface area contributed by atoms with Crippen molar-refractivity contribution in [3.05, 3.63) is 89.6 Å². The molecule has 1 amide bonds. The zero-order valence-electron chi connectivity index (χ0n) is 21.9. The predicted octanol–water partition coefficient (Wildman–Crippen LogP) is 3.56. The molecule has 2 fully saturated rings. The van der Waals surface area contributed by atoms with Gasteiger partial charge in [-0.05, 0) is 24.6 Å². The van der Waals surface area contributed by atoms with Crippen molar-refractivity contribution < 1.29 is 14.3 Å². The normalized spacial score (nSPS) is 21.6. The molecule has 0 aliphatic carbocycles. The summed E-state index contributed by atoms with van der Waals surface area (Å²) in [6, 6.07) is 20.6. The lowest BCUT2D eigenvalue weighted by molar-refractivity contribution is -0.117. The van der Waals surface area contributed by atoms with Crippen LogP contribution in [-0.2, 0) is 14.3 Å². The minimum absolute atomic E-state index is 0.208. The van der Waals surface area contributed by atoms with Crippen LogP contribution in [0.25, 0.3) is 0 Å². The van der Waals surface area contributed by atoms with Gasteiger partial charge in [-0.25, -0.2) is 9.98 Å². The van der Waals surface area contributed by atoms with Crippen LogP contribution < -0.4 is 16.0 Å². The van der Waals surface area contributed by atoms with Crippen molar-refractivity contribution in [2.24, 2.45) is 15.7 Å². The highest BCUT2D eigenvalue weighted by atomic mass is 16.5. The number of nitrogens with two attached hydrogens (primary N) is 1. The summed E-state index contributed by atoms with van der Waals surface area (Å²) in [5.41, 5.74) is 9.43. The Morgan fingerprint density at radius 3 is 2.54 bits per heavy atom. The fourth-order valence-corrected chi connectivity index (χ4v) is 4.93. The lowest BCUT2D eigenvalue weighted by Gasteiger charge is -2.53. The molecule has 1 aromatic heterocycles. The van der Waals surface area contributed by atoms with Crippen molar-refractivity contribution in [1.82, 2.24) is 4.98 Å². The van der Waals surface area contributed by atoms with Gasteiger partial charge in [-0.3, -0.25) is 10.2 Å². The van der Waals surface area contributed by atoms with E-state index in [1.165, 1.54) is 0 Å². The van der Waals surface area contributed by atoms with Crippen LogP contribution >= 0.6 is 0 Å². The van der Waals surface area contributed by atoms with Crippen LogP contribution in [0.1, 0.15) is 37.0 Å². The Morgan fingerprint density at radius 2 is 1.79 bits per heavy atom. The van der Waals surface area contributed by atoms with Gasteiger partial charge in [0, 0.05) is 17.3 Å². The van der Waals surface area contributed by atoms with Crippen LogP contribution in [0, 0.1) is 5.41 Å². The van der Waals surface area contributed by atoms with Crippen LogP contribution in [0.15, 0.2) is 82.9 Å². The second kappa shape index (κ2) is 11.4. The third-order valence-electron chi connectivity index (χ3n) is 6.66. The van der Waals surface area contributed by atoms with E-state index in [1.54, 1.807) is 18.3 Å². The molecule has 3 atom stereocenters. The number of carbonyl (C=O) groups is 1. The number of rotatable bonds is 4. The minimum atomic E-state index is -1.20. The highest BCUT2D eigenvalue weighted by Crippen LogP contribution is 2.36. The number of pyridine rings is 1. The van der Waals surface area contributed by atoms with Gasteiger partial charge in [-0.2, -0.15) is 4.99 Å². The number of fused-ring (bicyclic) bond motifs is 3. The van der Waals surface area contributed by atoms with Crippen molar-refractivity contribution >= 4 is 35.0 Å². The summed E-state index contributed by atoms with van der Waals surface area (Å²) in [5, 5.41) is 11.4. The van der Waals surface area contributed by atoms with E-state index in [9.17, 15) is 4.79 Å². The Kier molecular flexibility index (Phi) is 7.64. The predicted molar refractivity (Wildman–Crippen MR) is 152 cm³/mol. The maximum absolute atomic E-state index is 13.0. The monoisotopic (exact) mass is 525 g/mol. The van der Waals surface area contributed by atoms with Crippen molar-refractivity contribution in [3.63, 3.8) is 0 Å². The molecule has 2 saturated heterocycles. The molecule has 3 aromatic rings. The molecule has 0 spiro atoms. The fourth-order valence-electron chi connectivity index (χ4n) is 4.93. The number of hydrogen-bond acceptors (Lipinski definition) is 8. The first-order chi connectivity index (χ1) is 19.1. The Labute approximate surface area is 227 Å². The average Bonchev–Trinajstić information content (AvgIpc) is 3.11. The molecule has 4 N–H and O–H groups in total. The number of carbonyl (C=O) groups excluding carboxylic acids is 1. The number of aliphatic imine (C=N–C) groups is 2. The van der Waals surface area contributed by atoms with Crippen LogP contribution in [0.3, 0.4) is 0 Å². The number of aromatic nitrogens is 1. The van der Waals surface area contributed by atoms with Gasteiger partial charge in [0.2, 0.25) is 12.1 Å². The molecule has 2 aromatic carbocycles. The number of nitrogens with zero attached hydrogens (tertiary/aromatic N) is 4. The average molecular weight is 526 g/mol. The summed E-state index contributed by atoms with van der Waals surface area (Å²) < 4.78 is 11.2. The van der Waals surface area contributed by atoms with Crippen molar-refractivity contribution in [2.75, 3.05) is 23.4 Å². The number of hydrogen-bond donors (Lipinski definition) is 3. The van der Waals surface area contributed by atoms with E-state index in [0.29, 0.717) is 36.0 Å². The SMILES string of the molecule is CC.N=C(O/C(N)=N/C1N=C(c2ccccc2)c2ccccc2NC1=O)c1cccnc1N1C2COCC1C2. The zero-order valence-corrected chi connectivity index (χ0v) is 21.9. The van der Waals surface area contributed by atoms with E-state index in [1.807, 2.05) is 68.4 Å². The largest absolute Gasteiger partial charge is 0.407 e. The smallest absolute Gasteiger partial charge is 0.291 e. The number of amides is 1. The lowest BCUT2D eigenvalue weighted by atomic mass is 9.91. The summed E-state index contributed by atoms with van der Waals surface area (Å²) >= 11 is 0. The Balaban J connectivity index is 0.00000151. The fraction of sp³-hybridized carbons (Fsp3) is 0.276. The van der Waals surface area contributed by atoms with Gasteiger partial charge in [0.15, 0.2) is 0 Å². The van der Waals surface area contributed by atoms with E-state index in [0.717, 1.165) is 17.5 Å². The number of para-hydroxylation sites is 1. The van der Waals surface area contributed by atoms with Gasteiger partial charge in [-0.1, -0.05) is 62.4 Å². The third kappa shape index (κ3) is 5.23. The first kappa shape index (κ1) is 26.1. The first-order valence-electron chi connectivity index (χ1n) is 13.0. The molecule has 200 valence electrons. The van der Waals surface area contributed by atoms with Gasteiger partial charge in [0.05, 0.1) is 42.3 Å². The molecule has 3 aliphatic rings. The highest BCUT2D eigenvalue weighted by molar-refractivity contribution is 6.19. The van der Waals surface area contributed by atoms with Gasteiger partial charge in [0.25, 0.3) is 11.9 Å². The zero-order chi connectivity index (χ0) is 27.4. The van der Waals surface area contributed by atoms with E-state index in [4.69, 9.17) is 20.6 Å².